The fourth-order valence-electron chi connectivity index (χ4n) is 4.06. The van der Waals surface area contributed by atoms with E-state index in [1.54, 1.807) is 0 Å². The second kappa shape index (κ2) is 5.92. The number of pyridine rings is 1. The van der Waals surface area contributed by atoms with Crippen molar-refractivity contribution in [2.24, 2.45) is 5.92 Å². The number of nitrogens with one attached hydrogen (secondary N) is 1. The summed E-state index contributed by atoms with van der Waals surface area (Å²) in [5.41, 5.74) is 6.25. The Hall–Kier alpha value is -2.38. The highest BCUT2D eigenvalue weighted by atomic mass is 16.5. The quantitative estimate of drug-likeness (QED) is 0.855. The second-order valence-corrected chi connectivity index (χ2v) is 6.79. The van der Waals surface area contributed by atoms with Crippen LogP contribution in [-0.4, -0.2) is 11.6 Å². The first-order valence-electron chi connectivity index (χ1n) is 8.53. The number of hydrogen-bond donors (Lipinski definition) is 1. The van der Waals surface area contributed by atoms with E-state index < -0.39 is 0 Å². The van der Waals surface area contributed by atoms with Gasteiger partial charge in [0.25, 0.3) is 0 Å². The largest absolute Gasteiger partial charge is 0.377 e. The van der Waals surface area contributed by atoms with Gasteiger partial charge in [0, 0.05) is 29.5 Å². The third kappa shape index (κ3) is 2.46. The lowest BCUT2D eigenvalue weighted by Crippen LogP contribution is -2.36. The van der Waals surface area contributed by atoms with Crippen LogP contribution in [0.15, 0.2) is 30.3 Å². The summed E-state index contributed by atoms with van der Waals surface area (Å²) in [6.45, 7) is 4.94. The lowest BCUT2D eigenvalue weighted by atomic mass is 9.77. The van der Waals surface area contributed by atoms with Gasteiger partial charge in [-0.1, -0.05) is 23.8 Å². The highest BCUT2D eigenvalue weighted by Crippen LogP contribution is 2.49. The molecule has 0 amide bonds. The molecule has 1 aromatic carbocycles. The third-order valence-electron chi connectivity index (χ3n) is 5.20. The van der Waals surface area contributed by atoms with Crippen LogP contribution in [-0.2, 0) is 4.74 Å². The van der Waals surface area contributed by atoms with E-state index in [-0.39, 0.29) is 12.1 Å². The predicted molar refractivity (Wildman–Crippen MR) is 92.6 cm³/mol. The SMILES string of the molecule is Cc1ccc2c(c1)[C@@H]1OCCC[C@@H]1[C@@H](c1ccc(C#N)nc1C)N2. The molecule has 2 aliphatic heterocycles. The number of fused-ring (bicyclic) bond motifs is 3. The van der Waals surface area contributed by atoms with E-state index in [9.17, 15) is 0 Å². The summed E-state index contributed by atoms with van der Waals surface area (Å²) in [5, 5.41) is 12.8. The van der Waals surface area contributed by atoms with E-state index in [0.29, 0.717) is 11.6 Å². The number of aryl methyl sites for hydroxylation is 2. The fourth-order valence-corrected chi connectivity index (χ4v) is 4.06. The van der Waals surface area contributed by atoms with Gasteiger partial charge in [0.2, 0.25) is 0 Å². The Bertz CT molecular complexity index is 824. The number of nitrogens with zero attached hydrogens (tertiary/aromatic N) is 2. The molecule has 2 aliphatic rings. The van der Waals surface area contributed by atoms with Crippen molar-refractivity contribution in [3.63, 3.8) is 0 Å². The minimum atomic E-state index is 0.134. The molecule has 0 saturated carbocycles. The first-order valence-corrected chi connectivity index (χ1v) is 8.53. The van der Waals surface area contributed by atoms with Crippen LogP contribution in [0.4, 0.5) is 5.69 Å². The van der Waals surface area contributed by atoms with Gasteiger partial charge < -0.3 is 10.1 Å². The minimum Gasteiger partial charge on any atom is -0.377 e. The molecule has 0 aliphatic carbocycles. The van der Waals surface area contributed by atoms with E-state index in [2.05, 4.69) is 41.5 Å². The van der Waals surface area contributed by atoms with Gasteiger partial charge in [0.1, 0.15) is 11.8 Å². The van der Waals surface area contributed by atoms with Gasteiger partial charge >= 0.3 is 0 Å². The molecule has 3 heterocycles. The van der Waals surface area contributed by atoms with Crippen molar-refractivity contribution in [1.82, 2.24) is 4.98 Å². The molecular weight excluding hydrogens is 298 g/mol. The van der Waals surface area contributed by atoms with Gasteiger partial charge in [-0.2, -0.15) is 5.26 Å². The summed E-state index contributed by atoms with van der Waals surface area (Å²) in [6, 6.07) is 12.7. The number of ether oxygens (including phenoxy) is 1. The average molecular weight is 319 g/mol. The highest BCUT2D eigenvalue weighted by molar-refractivity contribution is 5.58. The summed E-state index contributed by atoms with van der Waals surface area (Å²) in [5.74, 6) is 0.390. The molecular formula is C20H21N3O. The minimum absolute atomic E-state index is 0.134. The standard InChI is InChI=1S/C20H21N3O/c1-12-5-8-18-17(10-12)20-16(4-3-9-24-20)19(23-18)15-7-6-14(11-21)22-13(15)2/h5-8,10,16,19-20,23H,3-4,9H2,1-2H3/t16-,19-,20-/m1/s1. The molecule has 1 aromatic heterocycles. The summed E-state index contributed by atoms with van der Waals surface area (Å²) in [7, 11) is 0. The van der Waals surface area contributed by atoms with E-state index in [4.69, 9.17) is 10.00 Å². The van der Waals surface area contributed by atoms with Crippen molar-refractivity contribution in [3.05, 3.63) is 58.4 Å². The van der Waals surface area contributed by atoms with Gasteiger partial charge in [-0.25, -0.2) is 4.98 Å². The van der Waals surface area contributed by atoms with Crippen LogP contribution < -0.4 is 5.32 Å². The van der Waals surface area contributed by atoms with Gasteiger partial charge in [-0.3, -0.25) is 0 Å². The first kappa shape index (κ1) is 15.2. The van der Waals surface area contributed by atoms with Crippen molar-refractivity contribution >= 4 is 5.69 Å². The molecule has 4 heteroatoms. The van der Waals surface area contributed by atoms with Crippen molar-refractivity contribution in [1.29, 1.82) is 5.26 Å². The van der Waals surface area contributed by atoms with E-state index >= 15 is 0 Å². The number of nitriles is 1. The smallest absolute Gasteiger partial charge is 0.140 e. The molecule has 0 spiro atoms. The Morgan fingerprint density at radius 1 is 1.21 bits per heavy atom. The van der Waals surface area contributed by atoms with Crippen molar-refractivity contribution < 1.29 is 4.74 Å². The Morgan fingerprint density at radius 2 is 2.08 bits per heavy atom. The third-order valence-corrected chi connectivity index (χ3v) is 5.20. The molecule has 2 aromatic rings. The molecule has 1 fully saturated rings. The van der Waals surface area contributed by atoms with E-state index in [1.807, 2.05) is 19.1 Å². The molecule has 4 nitrogen and oxygen atoms in total. The zero-order chi connectivity index (χ0) is 16.7. The van der Waals surface area contributed by atoms with Gasteiger partial charge in [-0.15, -0.1) is 0 Å². The Balaban J connectivity index is 1.79. The lowest BCUT2D eigenvalue weighted by Gasteiger charge is -2.43. The number of hydrogen-bond acceptors (Lipinski definition) is 4. The number of benzene rings is 1. The monoisotopic (exact) mass is 319 g/mol. The summed E-state index contributed by atoms with van der Waals surface area (Å²) < 4.78 is 6.19. The Kier molecular flexibility index (Phi) is 3.74. The van der Waals surface area contributed by atoms with Crippen LogP contribution in [0.25, 0.3) is 0 Å². The molecule has 0 unspecified atom stereocenters. The van der Waals surface area contributed by atoms with E-state index in [1.165, 1.54) is 16.7 Å². The molecule has 1 N–H and O–H groups in total. The molecule has 1 saturated heterocycles. The summed E-state index contributed by atoms with van der Waals surface area (Å²) in [6.07, 6.45) is 2.35. The van der Waals surface area contributed by atoms with Crippen LogP contribution in [0, 0.1) is 31.1 Å². The maximum Gasteiger partial charge on any atom is 0.140 e. The van der Waals surface area contributed by atoms with Crippen molar-refractivity contribution in [2.75, 3.05) is 11.9 Å². The lowest BCUT2D eigenvalue weighted by molar-refractivity contribution is -0.0382. The molecule has 0 radical (unpaired) electrons. The van der Waals surface area contributed by atoms with Gasteiger partial charge in [0.05, 0.1) is 12.1 Å². The van der Waals surface area contributed by atoms with Crippen LogP contribution >= 0.6 is 0 Å². The fraction of sp³-hybridized carbons (Fsp3) is 0.400. The maximum absolute atomic E-state index is 9.06. The van der Waals surface area contributed by atoms with Gasteiger partial charge in [-0.05, 0) is 44.4 Å². The van der Waals surface area contributed by atoms with Crippen LogP contribution in [0.1, 0.15) is 53.1 Å². The molecule has 24 heavy (non-hydrogen) atoms. The Morgan fingerprint density at radius 3 is 2.88 bits per heavy atom. The maximum atomic E-state index is 9.06. The Labute approximate surface area is 142 Å². The number of anilines is 1. The highest BCUT2D eigenvalue weighted by Gasteiger charge is 2.40. The molecule has 3 atom stereocenters. The zero-order valence-corrected chi connectivity index (χ0v) is 14.0. The van der Waals surface area contributed by atoms with Crippen LogP contribution in [0.5, 0.6) is 0 Å². The van der Waals surface area contributed by atoms with Crippen molar-refractivity contribution in [3.8, 4) is 6.07 Å². The molecule has 0 bridgehead atoms. The second-order valence-electron chi connectivity index (χ2n) is 6.79. The average Bonchev–Trinajstić information content (AvgIpc) is 2.61. The van der Waals surface area contributed by atoms with Crippen LogP contribution in [0.3, 0.4) is 0 Å². The molecule has 122 valence electrons. The predicted octanol–water partition coefficient (Wildman–Crippen LogP) is 4.20. The normalized spacial score (nSPS) is 25.1. The van der Waals surface area contributed by atoms with Crippen molar-refractivity contribution in [2.45, 2.75) is 38.8 Å². The number of aromatic nitrogens is 1. The summed E-state index contributed by atoms with van der Waals surface area (Å²) in [4.78, 5) is 4.43. The van der Waals surface area contributed by atoms with Crippen LogP contribution in [0.2, 0.25) is 0 Å². The van der Waals surface area contributed by atoms with E-state index in [0.717, 1.165) is 30.8 Å². The zero-order valence-electron chi connectivity index (χ0n) is 14.0. The van der Waals surface area contributed by atoms with Gasteiger partial charge in [0.15, 0.2) is 0 Å². The first-order chi connectivity index (χ1) is 11.7. The summed E-state index contributed by atoms with van der Waals surface area (Å²) >= 11 is 0. The topological polar surface area (TPSA) is 57.9 Å². The molecule has 4 rings (SSSR count). The number of rotatable bonds is 1.